The predicted molar refractivity (Wildman–Crippen MR) is 92.5 cm³/mol. The van der Waals surface area contributed by atoms with Gasteiger partial charge in [-0.3, -0.25) is 4.79 Å². The fourth-order valence-corrected chi connectivity index (χ4v) is 3.67. The van der Waals surface area contributed by atoms with Gasteiger partial charge >= 0.3 is 0 Å². The third kappa shape index (κ3) is 3.09. The number of hydrogen-bond acceptors (Lipinski definition) is 3. The van der Waals surface area contributed by atoms with Gasteiger partial charge in [0.25, 0.3) is 0 Å². The van der Waals surface area contributed by atoms with Crippen LogP contribution in [0.1, 0.15) is 53.1 Å². The summed E-state index contributed by atoms with van der Waals surface area (Å²) in [6, 6.07) is 15.9. The van der Waals surface area contributed by atoms with Crippen LogP contribution in [0.3, 0.4) is 0 Å². The van der Waals surface area contributed by atoms with Crippen molar-refractivity contribution in [2.24, 2.45) is 0 Å². The molecule has 3 nitrogen and oxygen atoms in total. The Balaban J connectivity index is 1.53. The zero-order chi connectivity index (χ0) is 16.4. The number of rotatable bonds is 3. The molecule has 24 heavy (non-hydrogen) atoms. The largest absolute Gasteiger partial charge is 0.465 e. The summed E-state index contributed by atoms with van der Waals surface area (Å²) >= 11 is 0. The second-order valence-corrected chi connectivity index (χ2v) is 6.60. The highest BCUT2D eigenvalue weighted by Crippen LogP contribution is 2.34. The molecular weight excluding hydrogens is 300 g/mol. The minimum Gasteiger partial charge on any atom is -0.465 e. The van der Waals surface area contributed by atoms with Gasteiger partial charge in [-0.25, -0.2) is 0 Å². The maximum absolute atomic E-state index is 12.9. The maximum Gasteiger partial charge on any atom is 0.199 e. The van der Waals surface area contributed by atoms with E-state index in [4.69, 9.17) is 9.47 Å². The molecule has 2 aromatic rings. The highest BCUT2D eigenvalue weighted by molar-refractivity contribution is 6.03. The van der Waals surface area contributed by atoms with Crippen molar-refractivity contribution in [3.05, 3.63) is 65.2 Å². The Labute approximate surface area is 142 Å². The van der Waals surface area contributed by atoms with Crippen LogP contribution in [0.4, 0.5) is 0 Å². The maximum atomic E-state index is 12.9. The van der Waals surface area contributed by atoms with Gasteiger partial charge in [0.15, 0.2) is 12.1 Å². The number of carbonyl (C=O) groups is 1. The van der Waals surface area contributed by atoms with Crippen LogP contribution in [-0.4, -0.2) is 18.7 Å². The first kappa shape index (κ1) is 15.4. The Bertz CT molecular complexity index is 717. The molecule has 1 heterocycles. The number of ketones is 1. The Morgan fingerprint density at radius 2 is 1.88 bits per heavy atom. The molecule has 3 heteroatoms. The van der Waals surface area contributed by atoms with Crippen LogP contribution in [0, 0.1) is 0 Å². The fourth-order valence-electron chi connectivity index (χ4n) is 3.67. The summed E-state index contributed by atoms with van der Waals surface area (Å²) in [4.78, 5) is 12.9. The third-order valence-corrected chi connectivity index (χ3v) is 4.97. The van der Waals surface area contributed by atoms with Gasteiger partial charge in [0, 0.05) is 17.9 Å². The SMILES string of the molecule is O=C1c2ccc(OC3CCCCO3)cc2CCC1c1ccccc1. The predicted octanol–water partition coefficient (Wildman–Crippen LogP) is 4.50. The van der Waals surface area contributed by atoms with E-state index in [1.807, 2.05) is 48.5 Å². The van der Waals surface area contributed by atoms with E-state index in [9.17, 15) is 4.79 Å². The zero-order valence-corrected chi connectivity index (χ0v) is 13.7. The van der Waals surface area contributed by atoms with E-state index in [0.717, 1.165) is 61.2 Å². The first-order valence-electron chi connectivity index (χ1n) is 8.81. The number of Topliss-reactive ketones (excluding diaryl/α,β-unsaturated/α-hetero) is 1. The lowest BCUT2D eigenvalue weighted by atomic mass is 9.79. The van der Waals surface area contributed by atoms with Crippen molar-refractivity contribution < 1.29 is 14.3 Å². The second-order valence-electron chi connectivity index (χ2n) is 6.60. The smallest absolute Gasteiger partial charge is 0.199 e. The molecule has 1 fully saturated rings. The Hall–Kier alpha value is -2.13. The van der Waals surface area contributed by atoms with Crippen LogP contribution in [0.15, 0.2) is 48.5 Å². The molecule has 1 saturated heterocycles. The fraction of sp³-hybridized carbons (Fsp3) is 0.381. The highest BCUT2D eigenvalue weighted by Gasteiger charge is 2.29. The van der Waals surface area contributed by atoms with Crippen molar-refractivity contribution in [1.82, 2.24) is 0 Å². The molecule has 0 spiro atoms. The van der Waals surface area contributed by atoms with E-state index in [1.54, 1.807) is 0 Å². The minimum absolute atomic E-state index is 0.0212. The molecule has 124 valence electrons. The summed E-state index contributed by atoms with van der Waals surface area (Å²) in [5.74, 6) is 1.02. The van der Waals surface area contributed by atoms with E-state index in [0.29, 0.717) is 0 Å². The van der Waals surface area contributed by atoms with Crippen molar-refractivity contribution in [2.75, 3.05) is 6.61 Å². The number of hydrogen-bond donors (Lipinski definition) is 0. The van der Waals surface area contributed by atoms with Crippen LogP contribution in [-0.2, 0) is 11.2 Å². The molecule has 2 aliphatic rings. The van der Waals surface area contributed by atoms with E-state index in [1.165, 1.54) is 0 Å². The molecule has 0 bridgehead atoms. The summed E-state index contributed by atoms with van der Waals surface area (Å²) in [6.45, 7) is 0.771. The summed E-state index contributed by atoms with van der Waals surface area (Å²) in [5.41, 5.74) is 3.05. The van der Waals surface area contributed by atoms with Gasteiger partial charge in [-0.05, 0) is 55.0 Å². The molecule has 1 aliphatic carbocycles. The molecule has 0 amide bonds. The minimum atomic E-state index is -0.145. The summed E-state index contributed by atoms with van der Waals surface area (Å²) in [6.07, 6.45) is 4.81. The zero-order valence-electron chi connectivity index (χ0n) is 13.7. The van der Waals surface area contributed by atoms with Gasteiger partial charge in [-0.1, -0.05) is 30.3 Å². The summed E-state index contributed by atoms with van der Waals surface area (Å²) in [5, 5.41) is 0. The lowest BCUT2D eigenvalue weighted by Gasteiger charge is -2.26. The molecule has 2 unspecified atom stereocenters. The molecule has 2 atom stereocenters. The van der Waals surface area contributed by atoms with Crippen molar-refractivity contribution in [1.29, 1.82) is 0 Å². The molecule has 0 radical (unpaired) electrons. The molecule has 2 aromatic carbocycles. The van der Waals surface area contributed by atoms with Crippen LogP contribution in [0.25, 0.3) is 0 Å². The van der Waals surface area contributed by atoms with Gasteiger partial charge in [0.05, 0.1) is 6.61 Å². The quantitative estimate of drug-likeness (QED) is 0.834. The number of benzene rings is 2. The van der Waals surface area contributed by atoms with E-state index < -0.39 is 0 Å². The van der Waals surface area contributed by atoms with Gasteiger partial charge < -0.3 is 9.47 Å². The Morgan fingerprint density at radius 3 is 2.67 bits per heavy atom. The molecule has 0 N–H and O–H groups in total. The lowest BCUT2D eigenvalue weighted by Crippen LogP contribution is -2.25. The van der Waals surface area contributed by atoms with Crippen LogP contribution < -0.4 is 4.74 Å². The number of aryl methyl sites for hydroxylation is 1. The molecule has 1 aliphatic heterocycles. The van der Waals surface area contributed by atoms with Crippen LogP contribution in [0.5, 0.6) is 5.75 Å². The van der Waals surface area contributed by atoms with Crippen molar-refractivity contribution >= 4 is 5.78 Å². The van der Waals surface area contributed by atoms with Crippen LogP contribution in [0.2, 0.25) is 0 Å². The Morgan fingerprint density at radius 1 is 1.00 bits per heavy atom. The molecule has 0 saturated carbocycles. The third-order valence-electron chi connectivity index (χ3n) is 4.97. The Kier molecular flexibility index (Phi) is 4.35. The van der Waals surface area contributed by atoms with Crippen molar-refractivity contribution in [2.45, 2.75) is 44.3 Å². The van der Waals surface area contributed by atoms with Crippen molar-refractivity contribution in [3.8, 4) is 5.75 Å². The number of ether oxygens (including phenoxy) is 2. The van der Waals surface area contributed by atoms with Crippen molar-refractivity contribution in [3.63, 3.8) is 0 Å². The van der Waals surface area contributed by atoms with E-state index in [-0.39, 0.29) is 18.0 Å². The normalized spacial score (nSPS) is 23.6. The first-order chi connectivity index (χ1) is 11.8. The average molecular weight is 322 g/mol. The lowest BCUT2D eigenvalue weighted by molar-refractivity contribution is -0.105. The van der Waals surface area contributed by atoms with Crippen LogP contribution >= 0.6 is 0 Å². The molecule has 4 rings (SSSR count). The first-order valence-corrected chi connectivity index (χ1v) is 8.81. The van der Waals surface area contributed by atoms with Gasteiger partial charge in [-0.2, -0.15) is 0 Å². The second kappa shape index (κ2) is 6.78. The number of fused-ring (bicyclic) bond motifs is 1. The summed E-state index contributed by atoms with van der Waals surface area (Å²) < 4.78 is 11.6. The van der Waals surface area contributed by atoms with Gasteiger partial charge in [0.1, 0.15) is 5.75 Å². The highest BCUT2D eigenvalue weighted by atomic mass is 16.7. The summed E-state index contributed by atoms with van der Waals surface area (Å²) in [7, 11) is 0. The van der Waals surface area contributed by atoms with Gasteiger partial charge in [0.2, 0.25) is 0 Å². The van der Waals surface area contributed by atoms with E-state index >= 15 is 0 Å². The van der Waals surface area contributed by atoms with E-state index in [2.05, 4.69) is 0 Å². The molecule has 0 aromatic heterocycles. The number of carbonyl (C=O) groups excluding carboxylic acids is 1. The topological polar surface area (TPSA) is 35.5 Å². The average Bonchev–Trinajstić information content (AvgIpc) is 2.64. The monoisotopic (exact) mass is 322 g/mol. The van der Waals surface area contributed by atoms with Gasteiger partial charge in [-0.15, -0.1) is 0 Å². The standard InChI is InChI=1S/C21H22O3/c22-21-18(15-6-2-1-3-7-15)11-9-16-14-17(10-12-19(16)21)24-20-8-4-5-13-23-20/h1-3,6-7,10,12,14,18,20H,4-5,8-9,11,13H2. The molecular formula is C21H22O3.